The lowest BCUT2D eigenvalue weighted by molar-refractivity contribution is 0.0994. The van der Waals surface area contributed by atoms with Gasteiger partial charge in [-0.05, 0) is 18.6 Å². The molecule has 88 valence electrons. The predicted molar refractivity (Wildman–Crippen MR) is 62.1 cm³/mol. The molecule has 6 heteroatoms. The van der Waals surface area contributed by atoms with Gasteiger partial charge in [0.1, 0.15) is 0 Å². The molecular weight excluding hydrogens is 206 g/mol. The van der Waals surface area contributed by atoms with Crippen LogP contribution >= 0.6 is 0 Å². The number of anilines is 1. The number of aromatic nitrogens is 2. The van der Waals surface area contributed by atoms with Crippen LogP contribution in [0.1, 0.15) is 23.8 Å². The van der Waals surface area contributed by atoms with Crippen molar-refractivity contribution in [1.29, 1.82) is 0 Å². The van der Waals surface area contributed by atoms with Gasteiger partial charge in [-0.2, -0.15) is 0 Å². The zero-order chi connectivity index (χ0) is 12.0. The Labute approximate surface area is 94.6 Å². The molecule has 1 aromatic heterocycles. The van der Waals surface area contributed by atoms with Gasteiger partial charge < -0.3 is 16.4 Å². The summed E-state index contributed by atoms with van der Waals surface area (Å²) in [6.45, 7) is 4.22. The van der Waals surface area contributed by atoms with Crippen LogP contribution in [0.3, 0.4) is 0 Å². The number of amides is 1. The van der Waals surface area contributed by atoms with Crippen molar-refractivity contribution in [3.8, 4) is 0 Å². The molecule has 0 aliphatic rings. The number of rotatable bonds is 6. The molecule has 6 nitrogen and oxygen atoms in total. The van der Waals surface area contributed by atoms with Crippen LogP contribution in [-0.2, 0) is 0 Å². The van der Waals surface area contributed by atoms with Gasteiger partial charge in [-0.15, -0.1) is 10.2 Å². The molecule has 1 aromatic rings. The highest BCUT2D eigenvalue weighted by molar-refractivity contribution is 5.90. The molecule has 16 heavy (non-hydrogen) atoms. The average molecular weight is 223 g/mol. The van der Waals surface area contributed by atoms with E-state index in [1.165, 1.54) is 0 Å². The lowest BCUT2D eigenvalue weighted by Crippen LogP contribution is -2.31. The molecule has 0 aliphatic heterocycles. The maximum Gasteiger partial charge on any atom is 0.269 e. The third kappa shape index (κ3) is 3.16. The van der Waals surface area contributed by atoms with Gasteiger partial charge in [-0.1, -0.05) is 6.92 Å². The van der Waals surface area contributed by atoms with Crippen molar-refractivity contribution in [2.75, 3.05) is 24.5 Å². The molecule has 0 bridgehead atoms. The highest BCUT2D eigenvalue weighted by Gasteiger charge is 2.08. The quantitative estimate of drug-likeness (QED) is 0.693. The highest BCUT2D eigenvalue weighted by Crippen LogP contribution is 2.09. The third-order valence-corrected chi connectivity index (χ3v) is 2.12. The summed E-state index contributed by atoms with van der Waals surface area (Å²) < 4.78 is 0. The second-order valence-corrected chi connectivity index (χ2v) is 3.42. The zero-order valence-corrected chi connectivity index (χ0v) is 9.39. The Kier molecular flexibility index (Phi) is 4.65. The van der Waals surface area contributed by atoms with E-state index < -0.39 is 5.91 Å². The van der Waals surface area contributed by atoms with E-state index in [0.29, 0.717) is 6.54 Å². The minimum Gasteiger partial charge on any atom is -0.364 e. The summed E-state index contributed by atoms with van der Waals surface area (Å²) in [5.74, 6) is 0.150. The molecular formula is C10H17N5O. The maximum atomic E-state index is 10.8. The normalized spacial score (nSPS) is 10.1. The van der Waals surface area contributed by atoms with Crippen molar-refractivity contribution in [3.05, 3.63) is 17.8 Å². The molecule has 1 rings (SSSR count). The molecule has 0 aliphatic carbocycles. The van der Waals surface area contributed by atoms with Gasteiger partial charge in [0.25, 0.3) is 5.91 Å². The lowest BCUT2D eigenvalue weighted by atomic mass is 10.3. The number of carbonyl (C=O) groups excluding carboxylic acids is 1. The maximum absolute atomic E-state index is 10.8. The predicted octanol–water partition coefficient (Wildman–Crippen LogP) is -0.249. The fourth-order valence-electron chi connectivity index (χ4n) is 1.39. The van der Waals surface area contributed by atoms with Gasteiger partial charge in [0.05, 0.1) is 0 Å². The fraction of sp³-hybridized carbons (Fsp3) is 0.500. The van der Waals surface area contributed by atoms with E-state index >= 15 is 0 Å². The Hall–Kier alpha value is -1.69. The number of nitrogens with zero attached hydrogens (tertiary/aromatic N) is 3. The van der Waals surface area contributed by atoms with E-state index in [2.05, 4.69) is 17.1 Å². The summed E-state index contributed by atoms with van der Waals surface area (Å²) >= 11 is 0. The van der Waals surface area contributed by atoms with Gasteiger partial charge in [-0.3, -0.25) is 4.79 Å². The number of primary amides is 1. The molecule has 0 saturated heterocycles. The SMILES string of the molecule is CCCN(CCN)c1ccc(C(N)=O)nn1. The molecule has 0 spiro atoms. The standard InChI is InChI=1S/C10H17N5O/c1-2-6-15(7-5-11)9-4-3-8(10(12)16)13-14-9/h3-4H,2,5-7,11H2,1H3,(H2,12,16). The second-order valence-electron chi connectivity index (χ2n) is 3.42. The first kappa shape index (κ1) is 12.4. The van der Waals surface area contributed by atoms with Crippen molar-refractivity contribution in [2.24, 2.45) is 11.5 Å². The highest BCUT2D eigenvalue weighted by atomic mass is 16.1. The first-order valence-electron chi connectivity index (χ1n) is 5.27. The molecule has 0 fully saturated rings. The topological polar surface area (TPSA) is 98.1 Å². The van der Waals surface area contributed by atoms with Gasteiger partial charge in [-0.25, -0.2) is 0 Å². The first-order valence-corrected chi connectivity index (χ1v) is 5.27. The number of hydrogen-bond acceptors (Lipinski definition) is 5. The summed E-state index contributed by atoms with van der Waals surface area (Å²) in [7, 11) is 0. The van der Waals surface area contributed by atoms with Crippen LogP contribution in [0, 0.1) is 0 Å². The van der Waals surface area contributed by atoms with Crippen LogP contribution in [0.2, 0.25) is 0 Å². The second kappa shape index (κ2) is 6.02. The molecule has 1 amide bonds. The molecule has 1 heterocycles. The smallest absolute Gasteiger partial charge is 0.269 e. The molecule has 0 unspecified atom stereocenters. The lowest BCUT2D eigenvalue weighted by Gasteiger charge is -2.21. The van der Waals surface area contributed by atoms with Crippen molar-refractivity contribution in [3.63, 3.8) is 0 Å². The Bertz CT molecular complexity index is 332. The molecule has 0 saturated carbocycles. The van der Waals surface area contributed by atoms with Gasteiger partial charge in [0.2, 0.25) is 0 Å². The molecule has 4 N–H and O–H groups in total. The minimum atomic E-state index is -0.570. The van der Waals surface area contributed by atoms with Crippen molar-refractivity contribution < 1.29 is 4.79 Å². The summed E-state index contributed by atoms with van der Waals surface area (Å²) in [5, 5.41) is 7.71. The van der Waals surface area contributed by atoms with Crippen LogP contribution in [0.15, 0.2) is 12.1 Å². The van der Waals surface area contributed by atoms with Crippen LogP contribution < -0.4 is 16.4 Å². The summed E-state index contributed by atoms with van der Waals surface area (Å²) in [5.41, 5.74) is 10.8. The van der Waals surface area contributed by atoms with Crippen LogP contribution in [0.25, 0.3) is 0 Å². The average Bonchev–Trinajstić information content (AvgIpc) is 2.29. The first-order chi connectivity index (χ1) is 7.69. The van der Waals surface area contributed by atoms with E-state index in [-0.39, 0.29) is 5.69 Å². The van der Waals surface area contributed by atoms with E-state index in [1.807, 2.05) is 4.90 Å². The van der Waals surface area contributed by atoms with Gasteiger partial charge >= 0.3 is 0 Å². The van der Waals surface area contributed by atoms with E-state index in [4.69, 9.17) is 11.5 Å². The van der Waals surface area contributed by atoms with E-state index in [0.717, 1.165) is 25.3 Å². The zero-order valence-electron chi connectivity index (χ0n) is 9.39. The number of carbonyl (C=O) groups is 1. The van der Waals surface area contributed by atoms with Crippen molar-refractivity contribution in [1.82, 2.24) is 10.2 Å². The van der Waals surface area contributed by atoms with E-state index in [9.17, 15) is 4.79 Å². The summed E-state index contributed by atoms with van der Waals surface area (Å²) in [4.78, 5) is 12.8. The Morgan fingerprint density at radius 3 is 2.56 bits per heavy atom. The largest absolute Gasteiger partial charge is 0.364 e. The molecule has 0 atom stereocenters. The Morgan fingerprint density at radius 1 is 1.38 bits per heavy atom. The van der Waals surface area contributed by atoms with Crippen LogP contribution in [0.5, 0.6) is 0 Å². The monoisotopic (exact) mass is 223 g/mol. The van der Waals surface area contributed by atoms with Crippen molar-refractivity contribution >= 4 is 11.7 Å². The molecule has 0 aromatic carbocycles. The Balaban J connectivity index is 2.80. The molecule has 0 radical (unpaired) electrons. The summed E-state index contributed by atoms with van der Waals surface area (Å²) in [6.07, 6.45) is 0.999. The third-order valence-electron chi connectivity index (χ3n) is 2.12. The van der Waals surface area contributed by atoms with Crippen molar-refractivity contribution in [2.45, 2.75) is 13.3 Å². The van der Waals surface area contributed by atoms with E-state index in [1.54, 1.807) is 12.1 Å². The van der Waals surface area contributed by atoms with Gasteiger partial charge in [0, 0.05) is 19.6 Å². The van der Waals surface area contributed by atoms with Crippen LogP contribution in [0.4, 0.5) is 5.82 Å². The number of hydrogen-bond donors (Lipinski definition) is 2. The summed E-state index contributed by atoms with van der Waals surface area (Å²) in [6, 6.07) is 3.31. The van der Waals surface area contributed by atoms with Gasteiger partial charge in [0.15, 0.2) is 11.5 Å². The minimum absolute atomic E-state index is 0.174. The van der Waals surface area contributed by atoms with Crippen LogP contribution in [-0.4, -0.2) is 35.7 Å². The number of nitrogens with two attached hydrogens (primary N) is 2. The Morgan fingerprint density at radius 2 is 2.12 bits per heavy atom. The fourth-order valence-corrected chi connectivity index (χ4v) is 1.39.